The molecule has 0 saturated heterocycles. The zero-order valence-corrected chi connectivity index (χ0v) is 12.0. The van der Waals surface area contributed by atoms with Crippen LogP contribution in [0.3, 0.4) is 0 Å². The van der Waals surface area contributed by atoms with Gasteiger partial charge in [0.1, 0.15) is 5.01 Å². The van der Waals surface area contributed by atoms with Crippen LogP contribution in [0.1, 0.15) is 43.3 Å². The second-order valence-corrected chi connectivity index (χ2v) is 6.60. The summed E-state index contributed by atoms with van der Waals surface area (Å²) in [6, 6.07) is 0.777. The lowest BCUT2D eigenvalue weighted by Crippen LogP contribution is -2.25. The van der Waals surface area contributed by atoms with Gasteiger partial charge in [0.2, 0.25) is 0 Å². The highest BCUT2D eigenvalue weighted by atomic mass is 32.1. The molecule has 3 rings (SSSR count). The normalized spacial score (nSPS) is 19.7. The van der Waals surface area contributed by atoms with E-state index in [1.54, 1.807) is 11.3 Å². The molecular formula is C14H23N3S. The predicted octanol–water partition coefficient (Wildman–Crippen LogP) is 2.63. The van der Waals surface area contributed by atoms with Crippen molar-refractivity contribution in [2.45, 2.75) is 51.7 Å². The summed E-state index contributed by atoms with van der Waals surface area (Å²) in [5, 5.41) is 7.02. The lowest BCUT2D eigenvalue weighted by Gasteiger charge is -2.18. The Hall–Kier alpha value is -0.450. The molecule has 1 aromatic heterocycles. The molecule has 0 atom stereocenters. The molecule has 100 valence electrons. The maximum Gasteiger partial charge on any atom is 0.107 e. The molecule has 18 heavy (non-hydrogen) atoms. The predicted molar refractivity (Wildman–Crippen MR) is 75.7 cm³/mol. The molecule has 0 spiro atoms. The van der Waals surface area contributed by atoms with Crippen LogP contribution in [-0.2, 0) is 13.1 Å². The third-order valence-corrected chi connectivity index (χ3v) is 4.66. The SMILES string of the molecule is CCN(Cc1csc(CNC2CC2)n1)CC1CC1. The first-order chi connectivity index (χ1) is 8.83. The van der Waals surface area contributed by atoms with Gasteiger partial charge < -0.3 is 5.32 Å². The largest absolute Gasteiger partial charge is 0.308 e. The van der Waals surface area contributed by atoms with E-state index in [9.17, 15) is 0 Å². The van der Waals surface area contributed by atoms with Crippen molar-refractivity contribution in [3.8, 4) is 0 Å². The first-order valence-electron chi connectivity index (χ1n) is 7.22. The monoisotopic (exact) mass is 265 g/mol. The lowest BCUT2D eigenvalue weighted by atomic mass is 10.3. The Morgan fingerprint density at radius 2 is 2.22 bits per heavy atom. The molecule has 3 nitrogen and oxygen atoms in total. The molecule has 2 aliphatic carbocycles. The second-order valence-electron chi connectivity index (χ2n) is 5.66. The highest BCUT2D eigenvalue weighted by molar-refractivity contribution is 7.09. The van der Waals surface area contributed by atoms with Gasteiger partial charge >= 0.3 is 0 Å². The van der Waals surface area contributed by atoms with E-state index < -0.39 is 0 Å². The van der Waals surface area contributed by atoms with Gasteiger partial charge in [0.05, 0.1) is 5.69 Å². The summed E-state index contributed by atoms with van der Waals surface area (Å²) >= 11 is 1.81. The molecule has 0 aromatic carbocycles. The van der Waals surface area contributed by atoms with Crippen LogP contribution in [0.15, 0.2) is 5.38 Å². The van der Waals surface area contributed by atoms with Crippen LogP contribution in [0, 0.1) is 5.92 Å². The van der Waals surface area contributed by atoms with E-state index in [1.807, 2.05) is 0 Å². The van der Waals surface area contributed by atoms with Crippen LogP contribution in [0.4, 0.5) is 0 Å². The van der Waals surface area contributed by atoms with Crippen LogP contribution in [-0.4, -0.2) is 29.0 Å². The Balaban J connectivity index is 1.47. The van der Waals surface area contributed by atoms with Crippen molar-refractivity contribution in [2.75, 3.05) is 13.1 Å². The van der Waals surface area contributed by atoms with E-state index in [2.05, 4.69) is 22.5 Å². The minimum Gasteiger partial charge on any atom is -0.308 e. The third kappa shape index (κ3) is 3.77. The van der Waals surface area contributed by atoms with Crippen LogP contribution in [0.25, 0.3) is 0 Å². The van der Waals surface area contributed by atoms with Crippen LogP contribution >= 0.6 is 11.3 Å². The van der Waals surface area contributed by atoms with Gasteiger partial charge in [0, 0.05) is 31.1 Å². The lowest BCUT2D eigenvalue weighted by molar-refractivity contribution is 0.265. The zero-order chi connectivity index (χ0) is 12.4. The Morgan fingerprint density at radius 1 is 1.39 bits per heavy atom. The van der Waals surface area contributed by atoms with Crippen molar-refractivity contribution in [3.63, 3.8) is 0 Å². The van der Waals surface area contributed by atoms with E-state index in [4.69, 9.17) is 4.98 Å². The number of rotatable bonds is 8. The Bertz CT molecular complexity index is 382. The van der Waals surface area contributed by atoms with Gasteiger partial charge in [0.25, 0.3) is 0 Å². The van der Waals surface area contributed by atoms with Gasteiger partial charge in [-0.1, -0.05) is 6.92 Å². The maximum atomic E-state index is 4.74. The molecule has 0 bridgehead atoms. The summed E-state index contributed by atoms with van der Waals surface area (Å²) in [5.41, 5.74) is 1.26. The van der Waals surface area contributed by atoms with Crippen molar-refractivity contribution in [3.05, 3.63) is 16.1 Å². The highest BCUT2D eigenvalue weighted by Crippen LogP contribution is 2.30. The van der Waals surface area contributed by atoms with Crippen LogP contribution in [0.2, 0.25) is 0 Å². The molecule has 0 aliphatic heterocycles. The van der Waals surface area contributed by atoms with Gasteiger partial charge in [-0.15, -0.1) is 11.3 Å². The highest BCUT2D eigenvalue weighted by Gasteiger charge is 2.24. The summed E-state index contributed by atoms with van der Waals surface area (Å²) in [5.74, 6) is 0.972. The molecule has 2 saturated carbocycles. The summed E-state index contributed by atoms with van der Waals surface area (Å²) < 4.78 is 0. The fourth-order valence-electron chi connectivity index (χ4n) is 2.22. The molecule has 1 aromatic rings. The average Bonchev–Trinajstić information content (AvgIpc) is 3.28. The topological polar surface area (TPSA) is 28.2 Å². The molecule has 1 heterocycles. The van der Waals surface area contributed by atoms with E-state index >= 15 is 0 Å². The third-order valence-electron chi connectivity index (χ3n) is 3.76. The molecular weight excluding hydrogens is 242 g/mol. The van der Waals surface area contributed by atoms with Crippen molar-refractivity contribution < 1.29 is 0 Å². The minimum atomic E-state index is 0.777. The smallest absolute Gasteiger partial charge is 0.107 e. The second kappa shape index (κ2) is 5.68. The maximum absolute atomic E-state index is 4.74. The molecule has 0 radical (unpaired) electrons. The summed E-state index contributed by atoms with van der Waals surface area (Å²) in [4.78, 5) is 7.27. The fraction of sp³-hybridized carbons (Fsp3) is 0.786. The zero-order valence-electron chi connectivity index (χ0n) is 11.2. The standard InChI is InChI=1S/C14H23N3S/c1-2-17(8-11-3-4-11)9-13-10-18-14(16-13)7-15-12-5-6-12/h10-12,15H,2-9H2,1H3. The van der Waals surface area contributed by atoms with Crippen molar-refractivity contribution in [2.24, 2.45) is 5.92 Å². The Labute approximate surface area is 114 Å². The van der Waals surface area contributed by atoms with Crippen molar-refractivity contribution in [1.82, 2.24) is 15.2 Å². The molecule has 2 aliphatic rings. The molecule has 0 unspecified atom stereocenters. The first kappa shape index (κ1) is 12.6. The van der Waals surface area contributed by atoms with E-state index in [0.29, 0.717) is 0 Å². The van der Waals surface area contributed by atoms with E-state index in [0.717, 1.165) is 31.6 Å². The van der Waals surface area contributed by atoms with Crippen molar-refractivity contribution >= 4 is 11.3 Å². The number of nitrogens with zero attached hydrogens (tertiary/aromatic N) is 2. The Morgan fingerprint density at radius 3 is 2.89 bits per heavy atom. The molecule has 0 amide bonds. The minimum absolute atomic E-state index is 0.777. The Kier molecular flexibility index (Phi) is 3.97. The number of hydrogen-bond donors (Lipinski definition) is 1. The molecule has 2 fully saturated rings. The number of aromatic nitrogens is 1. The van der Waals surface area contributed by atoms with Gasteiger partial charge in [-0.2, -0.15) is 0 Å². The van der Waals surface area contributed by atoms with Gasteiger partial charge in [-0.25, -0.2) is 4.98 Å². The quantitative estimate of drug-likeness (QED) is 0.783. The average molecular weight is 265 g/mol. The number of hydrogen-bond acceptors (Lipinski definition) is 4. The number of thiazole rings is 1. The van der Waals surface area contributed by atoms with Gasteiger partial charge in [-0.05, 0) is 38.1 Å². The van der Waals surface area contributed by atoms with Gasteiger partial charge in [0.15, 0.2) is 0 Å². The summed E-state index contributed by atoms with van der Waals surface area (Å²) in [7, 11) is 0. The summed E-state index contributed by atoms with van der Waals surface area (Å²) in [6.07, 6.45) is 5.57. The van der Waals surface area contributed by atoms with Crippen molar-refractivity contribution in [1.29, 1.82) is 0 Å². The summed E-state index contributed by atoms with van der Waals surface area (Å²) in [6.45, 7) is 6.66. The molecule has 1 N–H and O–H groups in total. The first-order valence-corrected chi connectivity index (χ1v) is 8.10. The molecule has 4 heteroatoms. The van der Waals surface area contributed by atoms with E-state index in [-0.39, 0.29) is 0 Å². The van der Waals surface area contributed by atoms with Crippen LogP contribution in [0.5, 0.6) is 0 Å². The van der Waals surface area contributed by atoms with Gasteiger partial charge in [-0.3, -0.25) is 4.90 Å². The van der Waals surface area contributed by atoms with E-state index in [1.165, 1.54) is 42.9 Å². The number of nitrogens with one attached hydrogen (secondary N) is 1. The van der Waals surface area contributed by atoms with Crippen LogP contribution < -0.4 is 5.32 Å². The fourth-order valence-corrected chi connectivity index (χ4v) is 2.96.